The van der Waals surface area contributed by atoms with E-state index in [4.69, 9.17) is 0 Å². The highest BCUT2D eigenvalue weighted by Gasteiger charge is 2.44. The van der Waals surface area contributed by atoms with Crippen molar-refractivity contribution in [2.75, 3.05) is 19.0 Å². The molecule has 3 nitrogen and oxygen atoms in total. The Morgan fingerprint density at radius 1 is 1.28 bits per heavy atom. The van der Waals surface area contributed by atoms with Gasteiger partial charge in [0.15, 0.2) is 0 Å². The molecule has 1 fully saturated rings. The molecule has 1 aliphatic carbocycles. The van der Waals surface area contributed by atoms with Crippen molar-refractivity contribution in [2.24, 2.45) is 0 Å². The molecule has 0 radical (unpaired) electrons. The smallest absolute Gasteiger partial charge is 0.314 e. The minimum Gasteiger partial charge on any atom is -0.481 e. The maximum absolute atomic E-state index is 11.8. The summed E-state index contributed by atoms with van der Waals surface area (Å²) in [5.74, 6) is -0.673. The molecule has 0 saturated heterocycles. The highest BCUT2D eigenvalue weighted by molar-refractivity contribution is 5.84. The van der Waals surface area contributed by atoms with Crippen LogP contribution < -0.4 is 4.90 Å². The van der Waals surface area contributed by atoms with Gasteiger partial charge in [0.05, 0.1) is 5.41 Å². The Morgan fingerprint density at radius 2 is 1.89 bits per heavy atom. The number of hydrogen-bond acceptors (Lipinski definition) is 2. The van der Waals surface area contributed by atoms with E-state index in [-0.39, 0.29) is 0 Å². The molecule has 0 aromatic heterocycles. The molecule has 3 heteroatoms. The third-order valence-electron chi connectivity index (χ3n) is 4.02. The quantitative estimate of drug-likeness (QED) is 0.892. The molecule has 0 unspecified atom stereocenters. The topological polar surface area (TPSA) is 40.5 Å². The second kappa shape index (κ2) is 4.63. The first-order chi connectivity index (χ1) is 8.47. The largest absolute Gasteiger partial charge is 0.481 e. The number of aryl methyl sites for hydroxylation is 1. The third kappa shape index (κ3) is 1.98. The van der Waals surface area contributed by atoms with E-state index in [0.717, 1.165) is 42.5 Å². The van der Waals surface area contributed by atoms with Crippen molar-refractivity contribution in [2.45, 2.75) is 38.0 Å². The standard InChI is InChI=1S/C15H21NO2/c1-11-6-7-13(16(2)3)12(10-11)15(14(17)18)8-4-5-9-15/h6-7,10H,4-5,8-9H2,1-3H3,(H,17,18). The fourth-order valence-electron chi connectivity index (χ4n) is 3.00. The lowest BCUT2D eigenvalue weighted by atomic mass is 9.77. The first-order valence-corrected chi connectivity index (χ1v) is 6.49. The first-order valence-electron chi connectivity index (χ1n) is 6.49. The molecular weight excluding hydrogens is 226 g/mol. The van der Waals surface area contributed by atoms with E-state index in [9.17, 15) is 9.90 Å². The van der Waals surface area contributed by atoms with Crippen molar-refractivity contribution in [3.8, 4) is 0 Å². The van der Waals surface area contributed by atoms with Crippen molar-refractivity contribution in [3.05, 3.63) is 29.3 Å². The number of benzene rings is 1. The lowest BCUT2D eigenvalue weighted by molar-refractivity contribution is -0.143. The Balaban J connectivity index is 2.60. The average molecular weight is 247 g/mol. The lowest BCUT2D eigenvalue weighted by Gasteiger charge is -2.30. The van der Waals surface area contributed by atoms with Crippen LogP contribution in [0, 0.1) is 6.92 Å². The summed E-state index contributed by atoms with van der Waals surface area (Å²) in [6, 6.07) is 6.13. The predicted octanol–water partition coefficient (Wildman–Crippen LogP) is 2.96. The highest BCUT2D eigenvalue weighted by atomic mass is 16.4. The number of rotatable bonds is 3. The summed E-state index contributed by atoms with van der Waals surface area (Å²) < 4.78 is 0. The van der Waals surface area contributed by atoms with Crippen LogP contribution in [0.1, 0.15) is 36.8 Å². The van der Waals surface area contributed by atoms with E-state index in [0.29, 0.717) is 0 Å². The number of hydrogen-bond donors (Lipinski definition) is 1. The van der Waals surface area contributed by atoms with E-state index < -0.39 is 11.4 Å². The van der Waals surface area contributed by atoms with E-state index in [1.807, 2.05) is 38.1 Å². The monoisotopic (exact) mass is 247 g/mol. The van der Waals surface area contributed by atoms with Crippen LogP contribution in [0.15, 0.2) is 18.2 Å². The van der Waals surface area contributed by atoms with Gasteiger partial charge in [-0.3, -0.25) is 4.79 Å². The minimum absolute atomic E-state index is 0.673. The van der Waals surface area contributed by atoms with Gasteiger partial charge in [-0.25, -0.2) is 0 Å². The molecule has 18 heavy (non-hydrogen) atoms. The van der Waals surface area contributed by atoms with Crippen LogP contribution in [0.5, 0.6) is 0 Å². The molecule has 0 aliphatic heterocycles. The summed E-state index contributed by atoms with van der Waals surface area (Å²) in [6.07, 6.45) is 3.53. The molecule has 98 valence electrons. The second-order valence-electron chi connectivity index (χ2n) is 5.51. The van der Waals surface area contributed by atoms with Crippen LogP contribution >= 0.6 is 0 Å². The van der Waals surface area contributed by atoms with E-state index in [1.165, 1.54) is 0 Å². The first kappa shape index (κ1) is 12.9. The van der Waals surface area contributed by atoms with Gasteiger partial charge >= 0.3 is 5.97 Å². The fourth-order valence-corrected chi connectivity index (χ4v) is 3.00. The maximum Gasteiger partial charge on any atom is 0.314 e. The van der Waals surface area contributed by atoms with Gasteiger partial charge in [0, 0.05) is 19.8 Å². The van der Waals surface area contributed by atoms with Crippen LogP contribution in [0.2, 0.25) is 0 Å². The molecule has 0 amide bonds. The number of carbonyl (C=O) groups is 1. The second-order valence-corrected chi connectivity index (χ2v) is 5.51. The number of carboxylic acid groups (broad SMARTS) is 1. The summed E-state index contributed by atoms with van der Waals surface area (Å²) >= 11 is 0. The van der Waals surface area contributed by atoms with Gasteiger partial charge in [-0.1, -0.05) is 30.5 Å². The number of anilines is 1. The molecule has 2 rings (SSSR count). The van der Waals surface area contributed by atoms with Crippen molar-refractivity contribution in [1.82, 2.24) is 0 Å². The molecule has 0 heterocycles. The van der Waals surface area contributed by atoms with E-state index in [2.05, 4.69) is 6.07 Å². The van der Waals surface area contributed by atoms with Gasteiger partial charge in [-0.15, -0.1) is 0 Å². The maximum atomic E-state index is 11.8. The highest BCUT2D eigenvalue weighted by Crippen LogP contribution is 2.45. The van der Waals surface area contributed by atoms with Gasteiger partial charge in [-0.2, -0.15) is 0 Å². The number of aliphatic carboxylic acids is 1. The molecular formula is C15H21NO2. The SMILES string of the molecule is Cc1ccc(N(C)C)c(C2(C(=O)O)CCCC2)c1. The summed E-state index contributed by atoms with van der Waals surface area (Å²) in [4.78, 5) is 13.8. The molecule has 1 aromatic carbocycles. The Bertz CT molecular complexity index is 460. The number of nitrogens with zero attached hydrogens (tertiary/aromatic N) is 1. The molecule has 0 bridgehead atoms. The summed E-state index contributed by atoms with van der Waals surface area (Å²) in [5, 5.41) is 9.70. The Morgan fingerprint density at radius 3 is 2.39 bits per heavy atom. The summed E-state index contributed by atoms with van der Waals surface area (Å²) in [7, 11) is 3.94. The van der Waals surface area contributed by atoms with Crippen molar-refractivity contribution in [3.63, 3.8) is 0 Å². The van der Waals surface area contributed by atoms with Crippen LogP contribution in [-0.4, -0.2) is 25.2 Å². The van der Waals surface area contributed by atoms with Gasteiger partial charge in [0.1, 0.15) is 0 Å². The molecule has 1 aromatic rings. The Kier molecular flexibility index (Phi) is 3.33. The van der Waals surface area contributed by atoms with Crippen molar-refractivity contribution >= 4 is 11.7 Å². The normalized spacial score (nSPS) is 17.7. The zero-order chi connectivity index (χ0) is 13.3. The average Bonchev–Trinajstić information content (AvgIpc) is 2.78. The number of carboxylic acids is 1. The summed E-state index contributed by atoms with van der Waals surface area (Å²) in [6.45, 7) is 2.02. The fraction of sp³-hybridized carbons (Fsp3) is 0.533. The van der Waals surface area contributed by atoms with Crippen LogP contribution in [0.4, 0.5) is 5.69 Å². The zero-order valence-electron chi connectivity index (χ0n) is 11.4. The Hall–Kier alpha value is -1.51. The van der Waals surface area contributed by atoms with Crippen LogP contribution in [-0.2, 0) is 10.2 Å². The predicted molar refractivity (Wildman–Crippen MR) is 73.3 cm³/mol. The zero-order valence-corrected chi connectivity index (χ0v) is 11.4. The Labute approximate surface area is 108 Å². The van der Waals surface area contributed by atoms with Crippen LogP contribution in [0.25, 0.3) is 0 Å². The van der Waals surface area contributed by atoms with Crippen LogP contribution in [0.3, 0.4) is 0 Å². The lowest BCUT2D eigenvalue weighted by Crippen LogP contribution is -2.34. The van der Waals surface area contributed by atoms with E-state index in [1.54, 1.807) is 0 Å². The minimum atomic E-state index is -0.675. The molecule has 0 atom stereocenters. The third-order valence-corrected chi connectivity index (χ3v) is 4.02. The van der Waals surface area contributed by atoms with Gasteiger partial charge in [0.25, 0.3) is 0 Å². The van der Waals surface area contributed by atoms with Gasteiger partial charge < -0.3 is 10.0 Å². The molecule has 1 N–H and O–H groups in total. The molecule has 1 saturated carbocycles. The van der Waals surface area contributed by atoms with Gasteiger partial charge in [0.2, 0.25) is 0 Å². The van der Waals surface area contributed by atoms with Crippen molar-refractivity contribution in [1.29, 1.82) is 0 Å². The van der Waals surface area contributed by atoms with Gasteiger partial charge in [-0.05, 0) is 31.4 Å². The van der Waals surface area contributed by atoms with E-state index >= 15 is 0 Å². The molecule has 1 aliphatic rings. The molecule has 0 spiro atoms. The van der Waals surface area contributed by atoms with Crippen molar-refractivity contribution < 1.29 is 9.90 Å². The summed E-state index contributed by atoms with van der Waals surface area (Å²) in [5.41, 5.74) is 2.47.